The van der Waals surface area contributed by atoms with Gasteiger partial charge in [0.25, 0.3) is 0 Å². The predicted molar refractivity (Wildman–Crippen MR) is 159 cm³/mol. The highest BCUT2D eigenvalue weighted by Crippen LogP contribution is 2.35. The summed E-state index contributed by atoms with van der Waals surface area (Å²) in [5, 5.41) is 13.2. The van der Waals surface area contributed by atoms with Crippen LogP contribution in [0.15, 0.2) is 79.3 Å². The number of nitriles is 1. The third kappa shape index (κ3) is 6.15. The maximum absolute atomic E-state index is 13.3. The summed E-state index contributed by atoms with van der Waals surface area (Å²) in [4.78, 5) is 20.5. The van der Waals surface area contributed by atoms with Crippen molar-refractivity contribution in [3.8, 4) is 17.3 Å². The normalized spacial score (nSPS) is 14.9. The minimum absolute atomic E-state index is 0.143. The molecular weight excluding hydrogens is 553 g/mol. The topological polar surface area (TPSA) is 96.8 Å². The Morgan fingerprint density at radius 3 is 2.44 bits per heavy atom. The predicted octanol–water partition coefficient (Wildman–Crippen LogP) is 6.41. The number of fused-ring (bicyclic) bond motifs is 1. The lowest BCUT2D eigenvalue weighted by molar-refractivity contribution is -0.137. The van der Waals surface area contributed by atoms with Crippen LogP contribution in [0.25, 0.3) is 22.3 Å². The Labute approximate surface area is 246 Å². The molecule has 0 radical (unpaired) electrons. The van der Waals surface area contributed by atoms with Gasteiger partial charge in [-0.2, -0.15) is 18.4 Å². The zero-order chi connectivity index (χ0) is 30.0. The molecule has 218 valence electrons. The van der Waals surface area contributed by atoms with Gasteiger partial charge in [-0.05, 0) is 36.2 Å². The first-order chi connectivity index (χ1) is 20.8. The molecule has 0 unspecified atom stereocenters. The molecule has 5 aromatic rings. The monoisotopic (exact) mass is 582 g/mol. The molecular formula is C32H29F3N8. The summed E-state index contributed by atoms with van der Waals surface area (Å²) < 4.78 is 40.0. The van der Waals surface area contributed by atoms with Crippen molar-refractivity contribution in [2.75, 3.05) is 36.4 Å². The minimum atomic E-state index is -4.55. The Morgan fingerprint density at radius 1 is 1.00 bits per heavy atom. The molecule has 0 bridgehead atoms. The number of nitrogens with one attached hydrogen (secondary N) is 2. The van der Waals surface area contributed by atoms with Crippen molar-refractivity contribution in [1.82, 2.24) is 24.8 Å². The average Bonchev–Trinajstić information content (AvgIpc) is 3.45. The van der Waals surface area contributed by atoms with Crippen molar-refractivity contribution in [2.45, 2.75) is 25.7 Å². The Morgan fingerprint density at radius 2 is 1.74 bits per heavy atom. The lowest BCUT2D eigenvalue weighted by atomic mass is 10.1. The summed E-state index contributed by atoms with van der Waals surface area (Å²) in [6.45, 7) is 6.84. The first kappa shape index (κ1) is 28.2. The summed E-state index contributed by atoms with van der Waals surface area (Å²) in [5.74, 6) is 0.259. The molecule has 2 aromatic carbocycles. The van der Waals surface area contributed by atoms with E-state index in [0.29, 0.717) is 5.56 Å². The van der Waals surface area contributed by atoms with Gasteiger partial charge in [-0.1, -0.05) is 42.5 Å². The van der Waals surface area contributed by atoms with E-state index in [4.69, 9.17) is 0 Å². The zero-order valence-electron chi connectivity index (χ0n) is 23.4. The smallest absolute Gasteiger partial charge is 0.369 e. The zero-order valence-corrected chi connectivity index (χ0v) is 23.4. The molecule has 6 rings (SSSR count). The Kier molecular flexibility index (Phi) is 7.69. The number of anilines is 2. The first-order valence-corrected chi connectivity index (χ1v) is 14.0. The molecule has 1 aliphatic rings. The van der Waals surface area contributed by atoms with E-state index in [9.17, 15) is 18.4 Å². The molecule has 1 saturated heterocycles. The van der Waals surface area contributed by atoms with Gasteiger partial charge in [-0.3, -0.25) is 4.90 Å². The van der Waals surface area contributed by atoms with Crippen LogP contribution in [0.5, 0.6) is 0 Å². The molecule has 0 aliphatic carbocycles. The van der Waals surface area contributed by atoms with E-state index in [1.807, 2.05) is 19.1 Å². The van der Waals surface area contributed by atoms with Crippen LogP contribution in [0, 0.1) is 11.3 Å². The number of nitrogens with zero attached hydrogens (tertiary/aromatic N) is 6. The van der Waals surface area contributed by atoms with E-state index in [1.54, 1.807) is 0 Å². The highest BCUT2D eigenvalue weighted by Gasteiger charge is 2.32. The summed E-state index contributed by atoms with van der Waals surface area (Å²) in [5.41, 5.74) is 3.62. The lowest BCUT2D eigenvalue weighted by Crippen LogP contribution is -2.45. The highest BCUT2D eigenvalue weighted by molar-refractivity contribution is 5.94. The molecule has 11 heteroatoms. The quantitative estimate of drug-likeness (QED) is 0.229. The van der Waals surface area contributed by atoms with Crippen molar-refractivity contribution in [2.24, 2.45) is 0 Å². The number of alkyl halides is 3. The molecule has 1 atom stereocenters. The third-order valence-electron chi connectivity index (χ3n) is 7.75. The molecule has 1 fully saturated rings. The van der Waals surface area contributed by atoms with Gasteiger partial charge in [0.15, 0.2) is 0 Å². The van der Waals surface area contributed by atoms with Crippen LogP contribution >= 0.6 is 0 Å². The van der Waals surface area contributed by atoms with Crippen LogP contribution in [-0.2, 0) is 12.7 Å². The van der Waals surface area contributed by atoms with Gasteiger partial charge in [0, 0.05) is 61.8 Å². The van der Waals surface area contributed by atoms with E-state index in [1.165, 1.54) is 23.6 Å². The van der Waals surface area contributed by atoms with Crippen LogP contribution in [0.4, 0.5) is 24.8 Å². The van der Waals surface area contributed by atoms with Gasteiger partial charge in [0.1, 0.15) is 11.7 Å². The van der Waals surface area contributed by atoms with Crippen LogP contribution in [-0.4, -0.2) is 51.0 Å². The molecule has 1 aliphatic heterocycles. The van der Waals surface area contributed by atoms with E-state index < -0.39 is 11.7 Å². The molecule has 4 heterocycles. The van der Waals surface area contributed by atoms with Crippen molar-refractivity contribution in [3.05, 3.63) is 102 Å². The summed E-state index contributed by atoms with van der Waals surface area (Å²) in [6, 6.07) is 21.8. The van der Waals surface area contributed by atoms with E-state index in [2.05, 4.69) is 83.6 Å². The molecule has 0 amide bonds. The third-order valence-corrected chi connectivity index (χ3v) is 7.75. The summed E-state index contributed by atoms with van der Waals surface area (Å²) in [6.07, 6.45) is -0.889. The second-order valence-corrected chi connectivity index (χ2v) is 10.6. The van der Waals surface area contributed by atoms with Crippen LogP contribution in [0.3, 0.4) is 0 Å². The SMILES string of the molecule is C[C@@H](Nc1ncc(C#N)c(-c2c[nH]c3ncc(C(F)(F)F)cc23)n1)c1ccc(N2CCN(Cc3ccccc3)CC2)cc1. The van der Waals surface area contributed by atoms with E-state index >= 15 is 0 Å². The lowest BCUT2D eigenvalue weighted by Gasteiger charge is -2.36. The van der Waals surface area contributed by atoms with Crippen molar-refractivity contribution < 1.29 is 13.2 Å². The summed E-state index contributed by atoms with van der Waals surface area (Å²) >= 11 is 0. The van der Waals surface area contributed by atoms with Crippen molar-refractivity contribution >= 4 is 22.7 Å². The number of benzene rings is 2. The number of pyridine rings is 1. The van der Waals surface area contributed by atoms with Gasteiger partial charge >= 0.3 is 6.18 Å². The number of H-pyrrole nitrogens is 1. The molecule has 8 nitrogen and oxygen atoms in total. The number of hydrogen-bond donors (Lipinski definition) is 2. The molecule has 3 aromatic heterocycles. The maximum atomic E-state index is 13.3. The Hall–Kier alpha value is -4.95. The second-order valence-electron chi connectivity index (χ2n) is 10.6. The number of halogens is 3. The number of hydrogen-bond acceptors (Lipinski definition) is 7. The fraction of sp³-hybridized carbons (Fsp3) is 0.250. The highest BCUT2D eigenvalue weighted by atomic mass is 19.4. The van der Waals surface area contributed by atoms with Gasteiger partial charge in [0.05, 0.1) is 29.1 Å². The van der Waals surface area contributed by atoms with Gasteiger partial charge in [-0.25, -0.2) is 15.0 Å². The number of rotatable bonds is 7. The van der Waals surface area contributed by atoms with Gasteiger partial charge in [0.2, 0.25) is 5.95 Å². The van der Waals surface area contributed by atoms with E-state index in [0.717, 1.165) is 50.6 Å². The number of piperazine rings is 1. The second kappa shape index (κ2) is 11.7. The van der Waals surface area contributed by atoms with Crippen molar-refractivity contribution in [1.29, 1.82) is 5.26 Å². The summed E-state index contributed by atoms with van der Waals surface area (Å²) in [7, 11) is 0. The number of aromatic nitrogens is 4. The van der Waals surface area contributed by atoms with Gasteiger partial charge in [-0.15, -0.1) is 0 Å². The van der Waals surface area contributed by atoms with Crippen LogP contribution in [0.1, 0.15) is 35.2 Å². The molecule has 0 saturated carbocycles. The van der Waals surface area contributed by atoms with E-state index in [-0.39, 0.29) is 34.3 Å². The number of aromatic amines is 1. The van der Waals surface area contributed by atoms with Gasteiger partial charge < -0.3 is 15.2 Å². The van der Waals surface area contributed by atoms with Crippen molar-refractivity contribution in [3.63, 3.8) is 0 Å². The largest absolute Gasteiger partial charge is 0.417 e. The first-order valence-electron chi connectivity index (χ1n) is 14.0. The molecule has 2 N–H and O–H groups in total. The molecule has 0 spiro atoms. The van der Waals surface area contributed by atoms with Crippen LogP contribution in [0.2, 0.25) is 0 Å². The minimum Gasteiger partial charge on any atom is -0.369 e. The standard InChI is InChI=1S/C32H29F3N8/c1-21(23-7-9-26(10-8-23)43-13-11-42(12-14-43)20-22-5-3-2-4-6-22)40-31-39-17-24(16-36)29(41-31)28-19-38-30-27(28)15-25(18-37-30)32(33,34)35/h2-10,15,17-19,21H,11-14,20H2,1H3,(H,37,38)(H,39,40,41)/t21-/m1/s1. The average molecular weight is 583 g/mol. The fourth-order valence-corrected chi connectivity index (χ4v) is 5.35. The Balaban J connectivity index is 1.14. The fourth-order valence-electron chi connectivity index (χ4n) is 5.35. The Bertz CT molecular complexity index is 1750. The molecule has 43 heavy (non-hydrogen) atoms. The van der Waals surface area contributed by atoms with Crippen LogP contribution < -0.4 is 10.2 Å². The maximum Gasteiger partial charge on any atom is 0.417 e.